The van der Waals surface area contributed by atoms with E-state index in [1.807, 2.05) is 0 Å². The quantitative estimate of drug-likeness (QED) is 0.737. The molecule has 1 fully saturated rings. The number of carboxylic acid groups (broad SMARTS) is 1. The Kier molecular flexibility index (Phi) is 5.24. The van der Waals surface area contributed by atoms with E-state index in [-0.39, 0.29) is 6.42 Å². The average molecular weight is 295 g/mol. The smallest absolute Gasteiger partial charge is 0.321 e. The first kappa shape index (κ1) is 15.4. The lowest BCUT2D eigenvalue weighted by Crippen LogP contribution is -2.52. The number of halogens is 1. The van der Waals surface area contributed by atoms with Crippen LogP contribution in [0.15, 0.2) is 24.3 Å². The molecule has 1 aromatic rings. The van der Waals surface area contributed by atoms with Gasteiger partial charge in [-0.2, -0.15) is 0 Å². The highest BCUT2D eigenvalue weighted by Gasteiger charge is 2.29. The zero-order valence-corrected chi connectivity index (χ0v) is 11.5. The number of carboxylic acids is 1. The maximum absolute atomic E-state index is 13.0. The Morgan fingerprint density at radius 1 is 1.38 bits per heavy atom. The van der Waals surface area contributed by atoms with Crippen molar-refractivity contribution in [2.45, 2.75) is 12.5 Å². The summed E-state index contributed by atoms with van der Waals surface area (Å²) < 4.78 is 13.0. The molecule has 6 nitrogen and oxygen atoms in total. The standard InChI is InChI=1S/C14H18FN3O3/c15-10-2-1-3-11(8-10)17-13(19)9-12(14(20)21)18-6-4-16-5-7-18/h1-3,8,12,16H,4-7,9H2,(H,17,19)(H,20,21)/t12-/m1/s1. The second-order valence-corrected chi connectivity index (χ2v) is 4.90. The predicted molar refractivity (Wildman–Crippen MR) is 75.5 cm³/mol. The van der Waals surface area contributed by atoms with Gasteiger partial charge in [-0.15, -0.1) is 0 Å². The minimum atomic E-state index is -1.02. The first-order valence-electron chi connectivity index (χ1n) is 6.79. The van der Waals surface area contributed by atoms with Gasteiger partial charge in [0.1, 0.15) is 11.9 Å². The van der Waals surface area contributed by atoms with Crippen molar-refractivity contribution in [1.29, 1.82) is 0 Å². The van der Waals surface area contributed by atoms with Crippen molar-refractivity contribution in [1.82, 2.24) is 10.2 Å². The summed E-state index contributed by atoms with van der Waals surface area (Å²) in [5.41, 5.74) is 0.324. The number of carbonyl (C=O) groups excluding carboxylic acids is 1. The fourth-order valence-electron chi connectivity index (χ4n) is 2.32. The number of nitrogens with zero attached hydrogens (tertiary/aromatic N) is 1. The molecule has 1 aliphatic heterocycles. The number of carbonyl (C=O) groups is 2. The normalized spacial score (nSPS) is 17.2. The third kappa shape index (κ3) is 4.51. The van der Waals surface area contributed by atoms with E-state index in [2.05, 4.69) is 10.6 Å². The topological polar surface area (TPSA) is 81.7 Å². The van der Waals surface area contributed by atoms with Crippen LogP contribution in [-0.4, -0.2) is 54.1 Å². The van der Waals surface area contributed by atoms with Crippen molar-refractivity contribution in [3.63, 3.8) is 0 Å². The summed E-state index contributed by atoms with van der Waals surface area (Å²) in [4.78, 5) is 25.0. The fraction of sp³-hybridized carbons (Fsp3) is 0.429. The van der Waals surface area contributed by atoms with Gasteiger partial charge >= 0.3 is 5.97 Å². The molecule has 1 aromatic carbocycles. The van der Waals surface area contributed by atoms with Crippen LogP contribution in [0.25, 0.3) is 0 Å². The highest BCUT2D eigenvalue weighted by Crippen LogP contribution is 2.12. The van der Waals surface area contributed by atoms with Gasteiger partial charge in [-0.05, 0) is 18.2 Å². The number of hydrogen-bond acceptors (Lipinski definition) is 4. The molecule has 0 aromatic heterocycles. The maximum atomic E-state index is 13.0. The van der Waals surface area contributed by atoms with Gasteiger partial charge in [0, 0.05) is 31.9 Å². The molecule has 0 spiro atoms. The number of anilines is 1. The molecule has 1 heterocycles. The minimum absolute atomic E-state index is 0.161. The Bertz CT molecular complexity index is 518. The maximum Gasteiger partial charge on any atom is 0.321 e. The van der Waals surface area contributed by atoms with E-state index in [9.17, 15) is 19.1 Å². The van der Waals surface area contributed by atoms with E-state index in [1.165, 1.54) is 18.2 Å². The first-order chi connectivity index (χ1) is 10.1. The number of aliphatic carboxylic acids is 1. The largest absolute Gasteiger partial charge is 0.480 e. The van der Waals surface area contributed by atoms with E-state index < -0.39 is 23.7 Å². The van der Waals surface area contributed by atoms with Crippen molar-refractivity contribution in [3.05, 3.63) is 30.1 Å². The van der Waals surface area contributed by atoms with E-state index in [4.69, 9.17) is 0 Å². The molecule has 7 heteroatoms. The van der Waals surface area contributed by atoms with Crippen LogP contribution in [0.5, 0.6) is 0 Å². The lowest BCUT2D eigenvalue weighted by molar-refractivity contribution is -0.145. The van der Waals surface area contributed by atoms with Gasteiger partial charge < -0.3 is 15.7 Å². The molecule has 3 N–H and O–H groups in total. The number of amides is 1. The van der Waals surface area contributed by atoms with Crippen molar-refractivity contribution in [2.75, 3.05) is 31.5 Å². The zero-order valence-electron chi connectivity index (χ0n) is 11.5. The second-order valence-electron chi connectivity index (χ2n) is 4.90. The zero-order chi connectivity index (χ0) is 15.2. The fourth-order valence-corrected chi connectivity index (χ4v) is 2.32. The third-order valence-corrected chi connectivity index (χ3v) is 3.36. The Morgan fingerprint density at radius 2 is 2.10 bits per heavy atom. The highest BCUT2D eigenvalue weighted by atomic mass is 19.1. The average Bonchev–Trinajstić information content (AvgIpc) is 2.45. The van der Waals surface area contributed by atoms with Crippen molar-refractivity contribution in [2.24, 2.45) is 0 Å². The number of hydrogen-bond donors (Lipinski definition) is 3. The summed E-state index contributed by atoms with van der Waals surface area (Å²) in [5, 5.41) is 14.9. The Morgan fingerprint density at radius 3 is 2.71 bits per heavy atom. The molecule has 21 heavy (non-hydrogen) atoms. The van der Waals surface area contributed by atoms with E-state index >= 15 is 0 Å². The van der Waals surface area contributed by atoms with Crippen LogP contribution >= 0.6 is 0 Å². The van der Waals surface area contributed by atoms with Crippen LogP contribution in [0.4, 0.5) is 10.1 Å². The van der Waals surface area contributed by atoms with E-state index in [0.29, 0.717) is 31.9 Å². The van der Waals surface area contributed by atoms with Crippen LogP contribution < -0.4 is 10.6 Å². The summed E-state index contributed by atoms with van der Waals surface area (Å²) in [6.07, 6.45) is -0.161. The molecule has 1 saturated heterocycles. The first-order valence-corrected chi connectivity index (χ1v) is 6.79. The number of nitrogens with one attached hydrogen (secondary N) is 2. The summed E-state index contributed by atoms with van der Waals surface area (Å²) in [5.74, 6) is -1.91. The lowest BCUT2D eigenvalue weighted by atomic mass is 10.1. The van der Waals surface area contributed by atoms with Gasteiger partial charge in [0.15, 0.2) is 0 Å². The second kappa shape index (κ2) is 7.14. The van der Waals surface area contributed by atoms with Crippen LogP contribution in [-0.2, 0) is 9.59 Å². The van der Waals surface area contributed by atoms with Gasteiger partial charge in [0.25, 0.3) is 0 Å². The molecule has 1 aliphatic rings. The van der Waals surface area contributed by atoms with Crippen molar-refractivity contribution >= 4 is 17.6 Å². The molecular weight excluding hydrogens is 277 g/mol. The van der Waals surface area contributed by atoms with Crippen LogP contribution in [0.3, 0.4) is 0 Å². The summed E-state index contributed by atoms with van der Waals surface area (Å²) in [7, 11) is 0. The van der Waals surface area contributed by atoms with Gasteiger partial charge in [-0.3, -0.25) is 14.5 Å². The number of rotatable bonds is 5. The molecule has 0 bridgehead atoms. The van der Waals surface area contributed by atoms with Gasteiger partial charge in [0.05, 0.1) is 6.42 Å². The number of benzene rings is 1. The Labute approximate surface area is 121 Å². The van der Waals surface area contributed by atoms with Gasteiger partial charge in [-0.1, -0.05) is 6.07 Å². The number of piperazine rings is 1. The minimum Gasteiger partial charge on any atom is -0.480 e. The molecule has 2 rings (SSSR count). The van der Waals surface area contributed by atoms with Gasteiger partial charge in [0.2, 0.25) is 5.91 Å². The monoisotopic (exact) mass is 295 g/mol. The molecule has 1 atom stereocenters. The Balaban J connectivity index is 1.96. The van der Waals surface area contributed by atoms with E-state index in [0.717, 1.165) is 0 Å². The Hall–Kier alpha value is -1.99. The molecule has 0 aliphatic carbocycles. The van der Waals surface area contributed by atoms with Gasteiger partial charge in [-0.25, -0.2) is 4.39 Å². The van der Waals surface area contributed by atoms with Crippen LogP contribution in [0.1, 0.15) is 6.42 Å². The molecule has 114 valence electrons. The predicted octanol–water partition coefficient (Wildman–Crippen LogP) is 0.513. The summed E-state index contributed by atoms with van der Waals surface area (Å²) in [6, 6.07) is 4.65. The summed E-state index contributed by atoms with van der Waals surface area (Å²) >= 11 is 0. The molecule has 0 radical (unpaired) electrons. The molecule has 0 saturated carbocycles. The van der Waals surface area contributed by atoms with E-state index in [1.54, 1.807) is 11.0 Å². The van der Waals surface area contributed by atoms with Crippen LogP contribution in [0, 0.1) is 5.82 Å². The van der Waals surface area contributed by atoms with Crippen LogP contribution in [0.2, 0.25) is 0 Å². The summed E-state index contributed by atoms with van der Waals surface area (Å²) in [6.45, 7) is 2.58. The van der Waals surface area contributed by atoms with Crippen molar-refractivity contribution < 1.29 is 19.1 Å². The SMILES string of the molecule is O=C(C[C@H](C(=O)O)N1CCNCC1)Nc1cccc(F)c1. The molecular formula is C14H18FN3O3. The molecule has 1 amide bonds. The third-order valence-electron chi connectivity index (χ3n) is 3.36. The molecule has 0 unspecified atom stereocenters. The highest BCUT2D eigenvalue weighted by molar-refractivity contribution is 5.94. The van der Waals surface area contributed by atoms with Crippen molar-refractivity contribution in [3.8, 4) is 0 Å². The lowest BCUT2D eigenvalue weighted by Gasteiger charge is -2.32.